The normalized spacial score (nSPS) is 10.8. The number of hydrogen-bond acceptors (Lipinski definition) is 2. The second-order valence-electron chi connectivity index (χ2n) is 5.75. The molecular formula is C19H16ClFN2O2. The summed E-state index contributed by atoms with van der Waals surface area (Å²) in [5.74, 6) is -0.954. The van der Waals surface area contributed by atoms with Gasteiger partial charge in [0, 0.05) is 17.1 Å². The van der Waals surface area contributed by atoms with Crippen LogP contribution in [0.5, 0.6) is 0 Å². The van der Waals surface area contributed by atoms with Crippen LogP contribution in [-0.4, -0.2) is 10.9 Å². The van der Waals surface area contributed by atoms with Crippen LogP contribution < -0.4 is 10.9 Å². The SMILES string of the molecule is CCCc1cc(=O)[nH]c2cc(NC(=O)c3ccc(F)cc3Cl)ccc12. The Morgan fingerprint density at radius 3 is 2.72 bits per heavy atom. The minimum atomic E-state index is -0.506. The van der Waals surface area contributed by atoms with E-state index in [1.807, 2.05) is 13.0 Å². The topological polar surface area (TPSA) is 62.0 Å². The summed E-state index contributed by atoms with van der Waals surface area (Å²) >= 11 is 5.91. The van der Waals surface area contributed by atoms with Gasteiger partial charge >= 0.3 is 0 Å². The average Bonchev–Trinajstić information content (AvgIpc) is 2.54. The maximum absolute atomic E-state index is 13.1. The molecule has 0 aliphatic rings. The number of anilines is 1. The molecule has 128 valence electrons. The van der Waals surface area contributed by atoms with E-state index >= 15 is 0 Å². The molecule has 0 radical (unpaired) electrons. The Labute approximate surface area is 148 Å². The highest BCUT2D eigenvalue weighted by Gasteiger charge is 2.12. The van der Waals surface area contributed by atoms with Gasteiger partial charge in [0.25, 0.3) is 5.91 Å². The number of aryl methyl sites for hydroxylation is 1. The Bertz CT molecular complexity index is 1010. The first-order valence-corrected chi connectivity index (χ1v) is 8.28. The number of carbonyl (C=O) groups is 1. The smallest absolute Gasteiger partial charge is 0.257 e. The predicted octanol–water partition coefficient (Wildman–Crippen LogP) is 4.53. The summed E-state index contributed by atoms with van der Waals surface area (Å²) in [5, 5.41) is 3.70. The number of halogens is 2. The molecule has 0 saturated heterocycles. The van der Waals surface area contributed by atoms with E-state index in [9.17, 15) is 14.0 Å². The monoisotopic (exact) mass is 358 g/mol. The van der Waals surface area contributed by atoms with Gasteiger partial charge in [0.05, 0.1) is 16.1 Å². The minimum Gasteiger partial charge on any atom is -0.322 e. The number of aromatic amines is 1. The van der Waals surface area contributed by atoms with Crippen LogP contribution >= 0.6 is 11.6 Å². The maximum atomic E-state index is 13.1. The first-order valence-electron chi connectivity index (χ1n) is 7.90. The molecule has 3 rings (SSSR count). The van der Waals surface area contributed by atoms with Crippen LogP contribution in [-0.2, 0) is 6.42 Å². The van der Waals surface area contributed by atoms with E-state index in [4.69, 9.17) is 11.6 Å². The standard InChI is InChI=1S/C19H16ClFN2O2/c1-2-3-11-8-18(24)23-17-10-13(5-7-14(11)17)22-19(25)15-6-4-12(21)9-16(15)20/h4-10H,2-3H2,1H3,(H,22,25)(H,23,24). The van der Waals surface area contributed by atoms with Crippen molar-refractivity contribution >= 4 is 34.1 Å². The molecule has 25 heavy (non-hydrogen) atoms. The number of carbonyl (C=O) groups excluding carboxylic acids is 1. The van der Waals surface area contributed by atoms with E-state index in [0.717, 1.165) is 29.9 Å². The molecule has 0 aliphatic heterocycles. The lowest BCUT2D eigenvalue weighted by Crippen LogP contribution is -2.13. The van der Waals surface area contributed by atoms with E-state index in [-0.39, 0.29) is 16.1 Å². The van der Waals surface area contributed by atoms with Crippen molar-refractivity contribution < 1.29 is 9.18 Å². The van der Waals surface area contributed by atoms with Crippen LogP contribution in [0.4, 0.5) is 10.1 Å². The number of fused-ring (bicyclic) bond motifs is 1. The Balaban J connectivity index is 1.94. The second-order valence-corrected chi connectivity index (χ2v) is 6.15. The van der Waals surface area contributed by atoms with Crippen LogP contribution in [0.2, 0.25) is 5.02 Å². The molecule has 0 bridgehead atoms. The molecule has 0 saturated carbocycles. The van der Waals surface area contributed by atoms with E-state index in [1.165, 1.54) is 12.1 Å². The van der Waals surface area contributed by atoms with Crippen molar-refractivity contribution in [1.29, 1.82) is 0 Å². The first kappa shape index (κ1) is 17.2. The lowest BCUT2D eigenvalue weighted by Gasteiger charge is -2.10. The van der Waals surface area contributed by atoms with E-state index in [2.05, 4.69) is 10.3 Å². The Kier molecular flexibility index (Phi) is 4.86. The van der Waals surface area contributed by atoms with Gasteiger partial charge in [-0.1, -0.05) is 31.0 Å². The van der Waals surface area contributed by atoms with Gasteiger partial charge in [-0.15, -0.1) is 0 Å². The summed E-state index contributed by atoms with van der Waals surface area (Å²) in [6.45, 7) is 2.05. The summed E-state index contributed by atoms with van der Waals surface area (Å²) in [5.41, 5.74) is 2.14. The number of hydrogen-bond donors (Lipinski definition) is 2. The summed E-state index contributed by atoms with van der Waals surface area (Å²) in [6.07, 6.45) is 1.73. The third kappa shape index (κ3) is 3.72. The van der Waals surface area contributed by atoms with Gasteiger partial charge in [-0.05, 0) is 42.3 Å². The average molecular weight is 359 g/mol. The fourth-order valence-electron chi connectivity index (χ4n) is 2.76. The second kappa shape index (κ2) is 7.07. The quantitative estimate of drug-likeness (QED) is 0.720. The van der Waals surface area contributed by atoms with Gasteiger partial charge in [-0.2, -0.15) is 0 Å². The lowest BCUT2D eigenvalue weighted by atomic mass is 10.0. The molecule has 2 N–H and O–H groups in total. The van der Waals surface area contributed by atoms with Crippen molar-refractivity contribution in [3.63, 3.8) is 0 Å². The lowest BCUT2D eigenvalue weighted by molar-refractivity contribution is 0.102. The maximum Gasteiger partial charge on any atom is 0.257 e. The van der Waals surface area contributed by atoms with Gasteiger partial charge in [0.1, 0.15) is 5.82 Å². The van der Waals surface area contributed by atoms with Crippen molar-refractivity contribution in [3.8, 4) is 0 Å². The Hall–Kier alpha value is -2.66. The van der Waals surface area contributed by atoms with Crippen molar-refractivity contribution in [2.45, 2.75) is 19.8 Å². The fraction of sp³-hybridized carbons (Fsp3) is 0.158. The molecular weight excluding hydrogens is 343 g/mol. The highest BCUT2D eigenvalue weighted by molar-refractivity contribution is 6.34. The zero-order chi connectivity index (χ0) is 18.0. The van der Waals surface area contributed by atoms with Gasteiger partial charge < -0.3 is 10.3 Å². The van der Waals surface area contributed by atoms with E-state index in [0.29, 0.717) is 11.2 Å². The molecule has 3 aromatic rings. The van der Waals surface area contributed by atoms with Crippen LogP contribution in [0.25, 0.3) is 10.9 Å². The molecule has 2 aromatic carbocycles. The summed E-state index contributed by atoms with van der Waals surface area (Å²) in [6, 6.07) is 10.5. The number of nitrogens with one attached hydrogen (secondary N) is 2. The number of pyridine rings is 1. The zero-order valence-electron chi connectivity index (χ0n) is 13.5. The summed E-state index contributed by atoms with van der Waals surface area (Å²) in [7, 11) is 0. The number of rotatable bonds is 4. The van der Waals surface area contributed by atoms with Crippen molar-refractivity contribution in [1.82, 2.24) is 4.98 Å². The van der Waals surface area contributed by atoms with Crippen molar-refractivity contribution in [2.75, 3.05) is 5.32 Å². The highest BCUT2D eigenvalue weighted by Crippen LogP contribution is 2.23. The highest BCUT2D eigenvalue weighted by atomic mass is 35.5. The van der Waals surface area contributed by atoms with E-state index in [1.54, 1.807) is 18.2 Å². The minimum absolute atomic E-state index is 0.0388. The van der Waals surface area contributed by atoms with Gasteiger partial charge in [-0.3, -0.25) is 9.59 Å². The van der Waals surface area contributed by atoms with Crippen LogP contribution in [0.1, 0.15) is 29.3 Å². The van der Waals surface area contributed by atoms with Gasteiger partial charge in [0.15, 0.2) is 0 Å². The molecule has 0 spiro atoms. The third-order valence-electron chi connectivity index (χ3n) is 3.88. The number of benzene rings is 2. The first-order chi connectivity index (χ1) is 12.0. The Morgan fingerprint density at radius 2 is 2.00 bits per heavy atom. The number of aromatic nitrogens is 1. The summed E-state index contributed by atoms with van der Waals surface area (Å²) in [4.78, 5) is 26.9. The molecule has 1 heterocycles. The van der Waals surface area contributed by atoms with Crippen LogP contribution in [0.15, 0.2) is 47.3 Å². The predicted molar refractivity (Wildman–Crippen MR) is 97.9 cm³/mol. The molecule has 0 fully saturated rings. The van der Waals surface area contributed by atoms with Gasteiger partial charge in [0.2, 0.25) is 5.56 Å². The van der Waals surface area contributed by atoms with Crippen molar-refractivity contribution in [3.05, 3.63) is 74.8 Å². The molecule has 1 aromatic heterocycles. The summed E-state index contributed by atoms with van der Waals surface area (Å²) < 4.78 is 13.1. The zero-order valence-corrected chi connectivity index (χ0v) is 14.3. The largest absolute Gasteiger partial charge is 0.322 e. The van der Waals surface area contributed by atoms with Gasteiger partial charge in [-0.25, -0.2) is 4.39 Å². The fourth-order valence-corrected chi connectivity index (χ4v) is 3.01. The Morgan fingerprint density at radius 1 is 1.20 bits per heavy atom. The third-order valence-corrected chi connectivity index (χ3v) is 4.19. The molecule has 6 heteroatoms. The molecule has 4 nitrogen and oxygen atoms in total. The number of amides is 1. The molecule has 0 unspecified atom stereocenters. The van der Waals surface area contributed by atoms with E-state index < -0.39 is 11.7 Å². The molecule has 0 atom stereocenters. The van der Waals surface area contributed by atoms with Crippen LogP contribution in [0.3, 0.4) is 0 Å². The van der Waals surface area contributed by atoms with Crippen LogP contribution in [0, 0.1) is 5.82 Å². The van der Waals surface area contributed by atoms with Crippen molar-refractivity contribution in [2.24, 2.45) is 0 Å². The number of H-pyrrole nitrogens is 1. The molecule has 0 aliphatic carbocycles. The molecule has 1 amide bonds.